The summed E-state index contributed by atoms with van der Waals surface area (Å²) in [7, 11) is 0. The van der Waals surface area contributed by atoms with Gasteiger partial charge in [0, 0.05) is 23.4 Å². The molecule has 5 nitrogen and oxygen atoms in total. The maximum absolute atomic E-state index is 12.9. The predicted molar refractivity (Wildman–Crippen MR) is 108 cm³/mol. The summed E-state index contributed by atoms with van der Waals surface area (Å²) in [5.74, 6) is 0.535. The van der Waals surface area contributed by atoms with E-state index in [0.29, 0.717) is 17.9 Å². The van der Waals surface area contributed by atoms with E-state index in [1.54, 1.807) is 10.9 Å². The van der Waals surface area contributed by atoms with Crippen molar-refractivity contribution in [2.75, 3.05) is 0 Å². The molecule has 0 atom stereocenters. The van der Waals surface area contributed by atoms with E-state index in [-0.39, 0.29) is 5.91 Å². The zero-order chi connectivity index (χ0) is 18.6. The first kappa shape index (κ1) is 17.3. The molecule has 134 valence electrons. The summed E-state index contributed by atoms with van der Waals surface area (Å²) >= 11 is 3.51. The minimum Gasteiger partial charge on any atom is -0.348 e. The van der Waals surface area contributed by atoms with Crippen LogP contribution in [0.2, 0.25) is 0 Å². The standard InChI is InChI=1S/C21H17BrN4O/c22-19-11-5-4-8-16(19)14-23-20(27)18-15-24-26(17-9-2-1-3-10-17)21(18)25-12-6-7-13-25/h1-13,15H,14H2,(H,23,27). The van der Waals surface area contributed by atoms with Crippen LogP contribution in [0.15, 0.2) is 89.8 Å². The van der Waals surface area contributed by atoms with Gasteiger partial charge in [-0.1, -0.05) is 52.3 Å². The van der Waals surface area contributed by atoms with Crippen molar-refractivity contribution in [3.05, 3.63) is 101 Å². The summed E-state index contributed by atoms with van der Waals surface area (Å²) in [6.07, 6.45) is 5.42. The number of carbonyl (C=O) groups is 1. The van der Waals surface area contributed by atoms with E-state index in [1.165, 1.54) is 0 Å². The first-order chi connectivity index (χ1) is 13.2. The third-order valence-corrected chi connectivity index (χ3v) is 5.01. The Bertz CT molecular complexity index is 1060. The Kier molecular flexibility index (Phi) is 4.89. The van der Waals surface area contributed by atoms with Gasteiger partial charge in [-0.05, 0) is 35.9 Å². The van der Waals surface area contributed by atoms with Gasteiger partial charge in [-0.2, -0.15) is 5.10 Å². The molecule has 0 aliphatic heterocycles. The summed E-state index contributed by atoms with van der Waals surface area (Å²) in [5.41, 5.74) is 2.43. The number of amides is 1. The minimum absolute atomic E-state index is 0.170. The average Bonchev–Trinajstić information content (AvgIpc) is 3.37. The molecule has 0 saturated carbocycles. The minimum atomic E-state index is -0.170. The number of rotatable bonds is 5. The lowest BCUT2D eigenvalue weighted by Crippen LogP contribution is -2.24. The molecule has 2 aromatic heterocycles. The van der Waals surface area contributed by atoms with Crippen LogP contribution >= 0.6 is 15.9 Å². The highest BCUT2D eigenvalue weighted by molar-refractivity contribution is 9.10. The molecule has 1 N–H and O–H groups in total. The Hall–Kier alpha value is -3.12. The second-order valence-electron chi connectivity index (χ2n) is 5.99. The molecule has 0 spiro atoms. The first-order valence-electron chi connectivity index (χ1n) is 8.52. The van der Waals surface area contributed by atoms with Gasteiger partial charge in [-0.15, -0.1) is 0 Å². The molecule has 0 aliphatic carbocycles. The van der Waals surface area contributed by atoms with Crippen molar-refractivity contribution in [3.63, 3.8) is 0 Å². The molecule has 1 amide bonds. The van der Waals surface area contributed by atoms with Crippen LogP contribution < -0.4 is 5.32 Å². The van der Waals surface area contributed by atoms with Gasteiger partial charge in [0.1, 0.15) is 5.56 Å². The summed E-state index contributed by atoms with van der Waals surface area (Å²) in [5, 5.41) is 7.45. The maximum Gasteiger partial charge on any atom is 0.256 e. The van der Waals surface area contributed by atoms with Gasteiger partial charge in [0.25, 0.3) is 5.91 Å². The highest BCUT2D eigenvalue weighted by Gasteiger charge is 2.19. The molecule has 0 unspecified atom stereocenters. The Balaban J connectivity index is 1.67. The number of benzene rings is 2. The highest BCUT2D eigenvalue weighted by Crippen LogP contribution is 2.20. The number of halogens is 1. The fourth-order valence-corrected chi connectivity index (χ4v) is 3.32. The van der Waals surface area contributed by atoms with Crippen LogP contribution in [0.25, 0.3) is 11.5 Å². The van der Waals surface area contributed by atoms with Crippen LogP contribution in [-0.4, -0.2) is 20.3 Å². The molecule has 0 aliphatic rings. The molecule has 2 heterocycles. The van der Waals surface area contributed by atoms with Gasteiger partial charge < -0.3 is 9.88 Å². The summed E-state index contributed by atoms with van der Waals surface area (Å²) in [6, 6.07) is 21.4. The van der Waals surface area contributed by atoms with Crippen molar-refractivity contribution < 1.29 is 4.79 Å². The average molecular weight is 421 g/mol. The van der Waals surface area contributed by atoms with Gasteiger partial charge in [0.2, 0.25) is 0 Å². The summed E-state index contributed by atoms with van der Waals surface area (Å²) < 4.78 is 4.64. The normalized spacial score (nSPS) is 10.7. The Morgan fingerprint density at radius 3 is 2.41 bits per heavy atom. The largest absolute Gasteiger partial charge is 0.348 e. The first-order valence-corrected chi connectivity index (χ1v) is 9.32. The second-order valence-corrected chi connectivity index (χ2v) is 6.85. The molecule has 0 radical (unpaired) electrons. The smallest absolute Gasteiger partial charge is 0.256 e. The zero-order valence-corrected chi connectivity index (χ0v) is 16.0. The van der Waals surface area contributed by atoms with Crippen LogP contribution in [0.4, 0.5) is 0 Å². The summed E-state index contributed by atoms with van der Waals surface area (Å²) in [4.78, 5) is 12.9. The molecule has 4 aromatic rings. The van der Waals surface area contributed by atoms with E-state index in [4.69, 9.17) is 0 Å². The molecular weight excluding hydrogens is 404 g/mol. The number of hydrogen-bond acceptors (Lipinski definition) is 2. The Labute approximate surface area is 165 Å². The van der Waals surface area contributed by atoms with E-state index >= 15 is 0 Å². The van der Waals surface area contributed by atoms with Crippen LogP contribution in [0.5, 0.6) is 0 Å². The summed E-state index contributed by atoms with van der Waals surface area (Å²) in [6.45, 7) is 0.432. The SMILES string of the molecule is O=C(NCc1ccccc1Br)c1cnn(-c2ccccc2)c1-n1cccc1. The quantitative estimate of drug-likeness (QED) is 0.521. The predicted octanol–water partition coefficient (Wildman–Crippen LogP) is 4.36. The monoisotopic (exact) mass is 420 g/mol. The van der Waals surface area contributed by atoms with Crippen LogP contribution in [0, 0.1) is 0 Å². The third kappa shape index (κ3) is 3.57. The molecule has 4 rings (SSSR count). The Morgan fingerprint density at radius 2 is 1.67 bits per heavy atom. The van der Waals surface area contributed by atoms with Crippen molar-refractivity contribution in [2.24, 2.45) is 0 Å². The highest BCUT2D eigenvalue weighted by atomic mass is 79.9. The lowest BCUT2D eigenvalue weighted by Gasteiger charge is -2.11. The molecular formula is C21H17BrN4O. The van der Waals surface area contributed by atoms with Gasteiger partial charge in [-0.3, -0.25) is 4.79 Å². The van der Waals surface area contributed by atoms with Gasteiger partial charge in [0.05, 0.1) is 11.9 Å². The number of carbonyl (C=O) groups excluding carboxylic acids is 1. The number of nitrogens with one attached hydrogen (secondary N) is 1. The zero-order valence-electron chi connectivity index (χ0n) is 14.4. The molecule has 0 fully saturated rings. The van der Waals surface area contributed by atoms with Crippen molar-refractivity contribution in [3.8, 4) is 11.5 Å². The maximum atomic E-state index is 12.9. The third-order valence-electron chi connectivity index (χ3n) is 4.24. The lowest BCUT2D eigenvalue weighted by atomic mass is 10.2. The van der Waals surface area contributed by atoms with Gasteiger partial charge in [-0.25, -0.2) is 4.68 Å². The fraction of sp³-hybridized carbons (Fsp3) is 0.0476. The van der Waals surface area contributed by atoms with Crippen LogP contribution in [-0.2, 0) is 6.54 Å². The van der Waals surface area contributed by atoms with Gasteiger partial charge in [0.15, 0.2) is 5.82 Å². The number of aromatic nitrogens is 3. The lowest BCUT2D eigenvalue weighted by molar-refractivity contribution is 0.0951. The second kappa shape index (κ2) is 7.63. The van der Waals surface area contributed by atoms with Crippen molar-refractivity contribution in [1.82, 2.24) is 19.7 Å². The van der Waals surface area contributed by atoms with E-state index in [2.05, 4.69) is 26.3 Å². The van der Waals surface area contributed by atoms with Crippen LogP contribution in [0.3, 0.4) is 0 Å². The molecule has 0 saturated heterocycles. The number of hydrogen-bond donors (Lipinski definition) is 1. The van der Waals surface area contributed by atoms with E-state index < -0.39 is 0 Å². The van der Waals surface area contributed by atoms with E-state index in [1.807, 2.05) is 83.7 Å². The molecule has 0 bridgehead atoms. The van der Waals surface area contributed by atoms with E-state index in [0.717, 1.165) is 15.7 Å². The van der Waals surface area contributed by atoms with Gasteiger partial charge >= 0.3 is 0 Å². The van der Waals surface area contributed by atoms with E-state index in [9.17, 15) is 4.79 Å². The fourth-order valence-electron chi connectivity index (χ4n) is 2.90. The van der Waals surface area contributed by atoms with Crippen molar-refractivity contribution >= 4 is 21.8 Å². The van der Waals surface area contributed by atoms with Crippen molar-refractivity contribution in [1.29, 1.82) is 0 Å². The molecule has 6 heteroatoms. The Morgan fingerprint density at radius 1 is 0.963 bits per heavy atom. The van der Waals surface area contributed by atoms with Crippen molar-refractivity contribution in [2.45, 2.75) is 6.54 Å². The topological polar surface area (TPSA) is 51.9 Å². The molecule has 2 aromatic carbocycles. The number of nitrogens with zero attached hydrogens (tertiary/aromatic N) is 3. The number of para-hydroxylation sites is 1. The molecule has 27 heavy (non-hydrogen) atoms. The van der Waals surface area contributed by atoms with Crippen LogP contribution in [0.1, 0.15) is 15.9 Å².